The normalized spacial score (nSPS) is 10.4. The van der Waals surface area contributed by atoms with Gasteiger partial charge in [0.2, 0.25) is 0 Å². The van der Waals surface area contributed by atoms with Gasteiger partial charge in [-0.2, -0.15) is 0 Å². The maximum atomic E-state index is 13.1. The number of alkyl halides is 2. The quantitative estimate of drug-likeness (QED) is 0.714. The molecule has 0 aliphatic carbocycles. The highest BCUT2D eigenvalue weighted by Gasteiger charge is 2.22. The Kier molecular flexibility index (Phi) is 6.15. The van der Waals surface area contributed by atoms with Crippen LogP contribution >= 0.6 is 0 Å². The first-order valence-corrected chi connectivity index (χ1v) is 6.41. The van der Waals surface area contributed by atoms with Gasteiger partial charge in [0.05, 0.1) is 7.11 Å². The summed E-state index contributed by atoms with van der Waals surface area (Å²) in [7, 11) is 1.40. The van der Waals surface area contributed by atoms with E-state index in [0.29, 0.717) is 18.8 Å². The van der Waals surface area contributed by atoms with Crippen LogP contribution < -0.4 is 4.74 Å². The van der Waals surface area contributed by atoms with Crippen molar-refractivity contribution in [3.05, 3.63) is 42.0 Å². The molecule has 0 unspecified atom stereocenters. The molecule has 0 spiro atoms. The zero-order chi connectivity index (χ0) is 15.1. The van der Waals surface area contributed by atoms with Crippen LogP contribution in [0.4, 0.5) is 8.78 Å². The van der Waals surface area contributed by atoms with Crippen LogP contribution in [0, 0.1) is 0 Å². The summed E-state index contributed by atoms with van der Waals surface area (Å²) >= 11 is 0. The third-order valence-corrected chi connectivity index (χ3v) is 2.85. The Bertz CT molecular complexity index is 475. The molecule has 0 saturated heterocycles. The lowest BCUT2D eigenvalue weighted by Crippen LogP contribution is -2.32. The molecule has 0 saturated carbocycles. The summed E-state index contributed by atoms with van der Waals surface area (Å²) in [6, 6.07) is 4.10. The van der Waals surface area contributed by atoms with Gasteiger partial charge in [-0.25, -0.2) is 8.78 Å². The van der Waals surface area contributed by atoms with Crippen molar-refractivity contribution in [1.29, 1.82) is 0 Å². The molecule has 0 heterocycles. The van der Waals surface area contributed by atoms with E-state index in [1.165, 1.54) is 30.2 Å². The van der Waals surface area contributed by atoms with Crippen molar-refractivity contribution in [3.8, 4) is 5.75 Å². The minimum Gasteiger partial charge on any atom is -0.497 e. The Morgan fingerprint density at radius 3 is 2.70 bits per heavy atom. The number of carbonyl (C=O) groups is 1. The molecule has 0 fully saturated rings. The van der Waals surface area contributed by atoms with Gasteiger partial charge in [-0.15, -0.1) is 6.58 Å². The van der Waals surface area contributed by atoms with Gasteiger partial charge in [0.15, 0.2) is 0 Å². The molecule has 110 valence electrons. The Morgan fingerprint density at radius 2 is 2.20 bits per heavy atom. The zero-order valence-electron chi connectivity index (χ0n) is 11.7. The third kappa shape index (κ3) is 3.79. The number of benzene rings is 1. The fraction of sp³-hybridized carbons (Fsp3) is 0.400. The molecule has 1 aromatic carbocycles. The average Bonchev–Trinajstić information content (AvgIpc) is 2.45. The number of nitrogens with zero attached hydrogens (tertiary/aromatic N) is 1. The highest BCUT2D eigenvalue weighted by Crippen LogP contribution is 2.28. The highest BCUT2D eigenvalue weighted by molar-refractivity contribution is 5.96. The maximum Gasteiger partial charge on any atom is 0.264 e. The number of ether oxygens (including phenoxy) is 1. The summed E-state index contributed by atoms with van der Waals surface area (Å²) in [6.07, 6.45) is -0.393. The first-order valence-electron chi connectivity index (χ1n) is 6.41. The van der Waals surface area contributed by atoms with Crippen LogP contribution in [0.25, 0.3) is 0 Å². The molecule has 0 aliphatic rings. The number of hydrogen-bond donors (Lipinski definition) is 0. The molecule has 0 aliphatic heterocycles. The van der Waals surface area contributed by atoms with E-state index < -0.39 is 12.3 Å². The SMILES string of the molecule is C=CCN(CCC)C(=O)c1ccc(OC)cc1C(F)F. The molecular formula is C15H19F2NO2. The summed E-state index contributed by atoms with van der Waals surface area (Å²) in [5.74, 6) is -0.104. The van der Waals surface area contributed by atoms with Crippen LogP contribution in [-0.4, -0.2) is 31.0 Å². The predicted molar refractivity (Wildman–Crippen MR) is 74.3 cm³/mol. The van der Waals surface area contributed by atoms with E-state index in [-0.39, 0.29) is 11.1 Å². The van der Waals surface area contributed by atoms with Gasteiger partial charge in [-0.1, -0.05) is 13.0 Å². The summed E-state index contributed by atoms with van der Waals surface area (Å²) < 4.78 is 31.1. The largest absolute Gasteiger partial charge is 0.497 e. The van der Waals surface area contributed by atoms with Crippen molar-refractivity contribution in [2.75, 3.05) is 20.2 Å². The fourth-order valence-corrected chi connectivity index (χ4v) is 1.91. The maximum absolute atomic E-state index is 13.1. The van der Waals surface area contributed by atoms with Crippen molar-refractivity contribution in [2.24, 2.45) is 0 Å². The molecule has 0 radical (unpaired) electrons. The topological polar surface area (TPSA) is 29.5 Å². The molecule has 0 aromatic heterocycles. The Labute approximate surface area is 117 Å². The van der Waals surface area contributed by atoms with Crippen LogP contribution in [0.3, 0.4) is 0 Å². The number of amides is 1. The first-order chi connectivity index (χ1) is 9.54. The van der Waals surface area contributed by atoms with Crippen LogP contribution in [0.2, 0.25) is 0 Å². The van der Waals surface area contributed by atoms with E-state index in [2.05, 4.69) is 6.58 Å². The van der Waals surface area contributed by atoms with Crippen molar-refractivity contribution in [3.63, 3.8) is 0 Å². The molecule has 1 aromatic rings. The molecule has 1 amide bonds. The lowest BCUT2D eigenvalue weighted by molar-refractivity contribution is 0.0761. The lowest BCUT2D eigenvalue weighted by Gasteiger charge is -2.22. The summed E-state index contributed by atoms with van der Waals surface area (Å²) in [6.45, 7) is 6.34. The Morgan fingerprint density at radius 1 is 1.50 bits per heavy atom. The molecule has 0 N–H and O–H groups in total. The van der Waals surface area contributed by atoms with E-state index in [0.717, 1.165) is 6.42 Å². The van der Waals surface area contributed by atoms with Crippen LogP contribution in [0.1, 0.15) is 35.7 Å². The first kappa shape index (κ1) is 16.1. The zero-order valence-corrected chi connectivity index (χ0v) is 11.7. The molecule has 20 heavy (non-hydrogen) atoms. The second kappa shape index (κ2) is 7.62. The number of methoxy groups -OCH3 is 1. The second-order valence-electron chi connectivity index (χ2n) is 4.29. The van der Waals surface area contributed by atoms with Gasteiger partial charge in [0, 0.05) is 24.2 Å². The fourth-order valence-electron chi connectivity index (χ4n) is 1.91. The van der Waals surface area contributed by atoms with E-state index in [1.807, 2.05) is 6.92 Å². The molecular weight excluding hydrogens is 264 g/mol. The standard InChI is InChI=1S/C15H19F2NO2/c1-4-8-18(9-5-2)15(19)12-7-6-11(20-3)10-13(12)14(16)17/h4,6-7,10,14H,1,5,8-9H2,2-3H3. The van der Waals surface area contributed by atoms with E-state index in [9.17, 15) is 13.6 Å². The number of rotatable bonds is 7. The van der Waals surface area contributed by atoms with Gasteiger partial charge in [0.1, 0.15) is 5.75 Å². The predicted octanol–water partition coefficient (Wildman–Crippen LogP) is 3.67. The van der Waals surface area contributed by atoms with Gasteiger partial charge in [0.25, 0.3) is 12.3 Å². The van der Waals surface area contributed by atoms with E-state index in [1.54, 1.807) is 6.08 Å². The average molecular weight is 283 g/mol. The highest BCUT2D eigenvalue weighted by atomic mass is 19.3. The minimum atomic E-state index is -2.73. The van der Waals surface area contributed by atoms with Gasteiger partial charge in [-0.3, -0.25) is 4.79 Å². The van der Waals surface area contributed by atoms with Gasteiger partial charge in [-0.05, 0) is 24.6 Å². The van der Waals surface area contributed by atoms with Crippen molar-refractivity contribution < 1.29 is 18.3 Å². The Balaban J connectivity index is 3.15. The van der Waals surface area contributed by atoms with Crippen molar-refractivity contribution in [1.82, 2.24) is 4.90 Å². The number of halogens is 2. The van der Waals surface area contributed by atoms with Crippen LogP contribution in [0.5, 0.6) is 5.75 Å². The molecule has 5 heteroatoms. The van der Waals surface area contributed by atoms with E-state index in [4.69, 9.17) is 4.74 Å². The monoisotopic (exact) mass is 283 g/mol. The van der Waals surface area contributed by atoms with Gasteiger partial charge >= 0.3 is 0 Å². The lowest BCUT2D eigenvalue weighted by atomic mass is 10.1. The molecule has 0 atom stereocenters. The molecule has 0 bridgehead atoms. The minimum absolute atomic E-state index is 0.0103. The number of carbonyl (C=O) groups excluding carboxylic acids is 1. The summed E-state index contributed by atoms with van der Waals surface area (Å²) in [5, 5.41) is 0. The molecule has 1 rings (SSSR count). The number of hydrogen-bond acceptors (Lipinski definition) is 2. The van der Waals surface area contributed by atoms with Crippen molar-refractivity contribution in [2.45, 2.75) is 19.8 Å². The second-order valence-corrected chi connectivity index (χ2v) is 4.29. The van der Waals surface area contributed by atoms with Crippen LogP contribution in [0.15, 0.2) is 30.9 Å². The molecule has 3 nitrogen and oxygen atoms in total. The summed E-state index contributed by atoms with van der Waals surface area (Å²) in [4.78, 5) is 13.9. The van der Waals surface area contributed by atoms with E-state index >= 15 is 0 Å². The summed E-state index contributed by atoms with van der Waals surface area (Å²) in [5.41, 5.74) is -0.296. The van der Waals surface area contributed by atoms with Gasteiger partial charge < -0.3 is 9.64 Å². The Hall–Kier alpha value is -1.91. The van der Waals surface area contributed by atoms with Crippen LogP contribution in [-0.2, 0) is 0 Å². The third-order valence-electron chi connectivity index (χ3n) is 2.85. The smallest absolute Gasteiger partial charge is 0.264 e. The van der Waals surface area contributed by atoms with Crippen molar-refractivity contribution >= 4 is 5.91 Å².